The first-order valence-electron chi connectivity index (χ1n) is 8.08. The lowest BCUT2D eigenvalue weighted by atomic mass is 10.2. The molecule has 0 radical (unpaired) electrons. The largest absolute Gasteiger partial charge is 0.377 e. The first-order valence-corrected chi connectivity index (χ1v) is 10.8. The van der Waals surface area contributed by atoms with Gasteiger partial charge >= 0.3 is 0 Å². The molecule has 0 amide bonds. The van der Waals surface area contributed by atoms with Crippen molar-refractivity contribution in [2.24, 2.45) is 0 Å². The zero-order valence-electron chi connectivity index (χ0n) is 13.4. The van der Waals surface area contributed by atoms with Gasteiger partial charge in [0, 0.05) is 34.7 Å². The molecule has 3 aromatic heterocycles. The Bertz CT molecular complexity index is 893. The van der Waals surface area contributed by atoms with Crippen molar-refractivity contribution in [3.8, 4) is 10.4 Å². The minimum atomic E-state index is 0.0713. The molecule has 1 aliphatic heterocycles. The Balaban J connectivity index is 1.74. The summed E-state index contributed by atoms with van der Waals surface area (Å²) in [6, 6.07) is 4.07. The lowest BCUT2D eigenvalue weighted by Crippen LogP contribution is -2.23. The van der Waals surface area contributed by atoms with Gasteiger partial charge in [0.2, 0.25) is 0 Å². The lowest BCUT2D eigenvalue weighted by Gasteiger charge is -2.12. The molecule has 0 aliphatic carbocycles. The highest BCUT2D eigenvalue weighted by Crippen LogP contribution is 2.34. The van der Waals surface area contributed by atoms with Gasteiger partial charge < -0.3 is 4.74 Å². The topological polar surface area (TPSA) is 44.1 Å². The quantitative estimate of drug-likeness (QED) is 0.485. The van der Waals surface area contributed by atoms with Crippen molar-refractivity contribution < 1.29 is 4.74 Å². The second-order valence-electron chi connectivity index (χ2n) is 5.70. The van der Waals surface area contributed by atoms with E-state index in [2.05, 4.69) is 11.4 Å². The van der Waals surface area contributed by atoms with Crippen molar-refractivity contribution in [3.05, 3.63) is 33.2 Å². The Morgan fingerprint density at radius 3 is 3.08 bits per heavy atom. The second-order valence-corrected chi connectivity index (χ2v) is 8.49. The molecule has 7 heteroatoms. The molecular formula is C17H18N2O2S3. The van der Waals surface area contributed by atoms with E-state index in [0.29, 0.717) is 6.54 Å². The number of rotatable bonds is 5. The lowest BCUT2D eigenvalue weighted by molar-refractivity contribution is 0.129. The number of fused-ring (bicyclic) bond motifs is 1. The van der Waals surface area contributed by atoms with Crippen LogP contribution < -0.4 is 5.56 Å². The number of hydrogen-bond donors (Lipinski definition) is 0. The molecule has 4 nitrogen and oxygen atoms in total. The molecule has 0 saturated carbocycles. The van der Waals surface area contributed by atoms with Crippen LogP contribution in [0.5, 0.6) is 0 Å². The highest BCUT2D eigenvalue weighted by Gasteiger charge is 2.20. The summed E-state index contributed by atoms with van der Waals surface area (Å²) in [6.07, 6.45) is 2.53. The van der Waals surface area contributed by atoms with Crippen LogP contribution in [0.2, 0.25) is 0 Å². The third-order valence-corrected chi connectivity index (χ3v) is 7.07. The number of nitrogens with zero attached hydrogens (tertiary/aromatic N) is 2. The number of aromatic nitrogens is 2. The van der Waals surface area contributed by atoms with Crippen molar-refractivity contribution in [2.45, 2.75) is 37.6 Å². The Morgan fingerprint density at radius 2 is 2.38 bits per heavy atom. The van der Waals surface area contributed by atoms with Crippen molar-refractivity contribution >= 4 is 44.7 Å². The molecule has 126 valence electrons. The van der Waals surface area contributed by atoms with Gasteiger partial charge in [-0.25, -0.2) is 4.98 Å². The van der Waals surface area contributed by atoms with Crippen molar-refractivity contribution in [1.82, 2.24) is 9.55 Å². The molecule has 24 heavy (non-hydrogen) atoms. The second kappa shape index (κ2) is 7.00. The summed E-state index contributed by atoms with van der Waals surface area (Å²) in [5, 5.41) is 5.66. The molecule has 1 fully saturated rings. The van der Waals surface area contributed by atoms with E-state index in [1.54, 1.807) is 39.0 Å². The summed E-state index contributed by atoms with van der Waals surface area (Å²) in [4.78, 5) is 19.8. The van der Waals surface area contributed by atoms with Gasteiger partial charge in [0.25, 0.3) is 5.56 Å². The van der Waals surface area contributed by atoms with Gasteiger partial charge in [0.1, 0.15) is 4.83 Å². The maximum atomic E-state index is 13.0. The van der Waals surface area contributed by atoms with E-state index >= 15 is 0 Å². The average Bonchev–Trinajstić information content (AvgIpc) is 3.32. The Morgan fingerprint density at radius 1 is 1.46 bits per heavy atom. The van der Waals surface area contributed by atoms with Gasteiger partial charge in [-0.3, -0.25) is 9.36 Å². The molecule has 1 saturated heterocycles. The first-order chi connectivity index (χ1) is 11.8. The molecule has 0 spiro atoms. The van der Waals surface area contributed by atoms with Gasteiger partial charge in [0.15, 0.2) is 5.16 Å². The third-order valence-electron chi connectivity index (χ3n) is 4.18. The minimum absolute atomic E-state index is 0.0713. The monoisotopic (exact) mass is 378 g/mol. The third kappa shape index (κ3) is 2.94. The summed E-state index contributed by atoms with van der Waals surface area (Å²) in [6.45, 7) is 3.49. The van der Waals surface area contributed by atoms with Gasteiger partial charge in [-0.2, -0.15) is 0 Å². The maximum absolute atomic E-state index is 13.0. The summed E-state index contributed by atoms with van der Waals surface area (Å²) in [5.41, 5.74) is 1.09. The first kappa shape index (κ1) is 16.3. The van der Waals surface area contributed by atoms with Crippen LogP contribution in [0.3, 0.4) is 0 Å². The highest BCUT2D eigenvalue weighted by molar-refractivity contribution is 7.99. The zero-order valence-corrected chi connectivity index (χ0v) is 15.8. The Hall–Kier alpha value is -1.15. The summed E-state index contributed by atoms with van der Waals surface area (Å²) in [7, 11) is 0. The summed E-state index contributed by atoms with van der Waals surface area (Å²) >= 11 is 4.85. The van der Waals surface area contributed by atoms with Crippen LogP contribution in [-0.4, -0.2) is 28.0 Å². The minimum Gasteiger partial charge on any atom is -0.377 e. The number of hydrogen-bond acceptors (Lipinski definition) is 6. The van der Waals surface area contributed by atoms with Crippen LogP contribution >= 0.6 is 34.4 Å². The fourth-order valence-electron chi connectivity index (χ4n) is 2.95. The molecular weight excluding hydrogens is 360 g/mol. The van der Waals surface area contributed by atoms with Gasteiger partial charge in [-0.15, -0.1) is 22.7 Å². The number of thioether (sulfide) groups is 1. The molecule has 4 rings (SSSR count). The summed E-state index contributed by atoms with van der Waals surface area (Å²) in [5.74, 6) is 0.862. The van der Waals surface area contributed by atoms with Gasteiger partial charge in [0.05, 0.1) is 11.5 Å². The van der Waals surface area contributed by atoms with E-state index in [-0.39, 0.29) is 11.7 Å². The molecule has 1 atom stereocenters. The van der Waals surface area contributed by atoms with E-state index in [9.17, 15) is 4.79 Å². The van der Waals surface area contributed by atoms with Crippen molar-refractivity contribution in [2.75, 3.05) is 12.4 Å². The van der Waals surface area contributed by atoms with E-state index in [4.69, 9.17) is 9.72 Å². The predicted octanol–water partition coefficient (Wildman–Crippen LogP) is 4.48. The molecule has 0 aromatic carbocycles. The van der Waals surface area contributed by atoms with Gasteiger partial charge in [-0.05, 0) is 31.2 Å². The van der Waals surface area contributed by atoms with Crippen LogP contribution in [0.4, 0.5) is 0 Å². The standard InChI is InChI=1S/C17H18N2O2S3/c1-2-19-16(20)14-12(13-6-4-8-22-13)10-23-15(14)18-17(19)24-9-11-5-3-7-21-11/h4,6,8,10-11H,2-3,5,7,9H2,1H3/t11-/m1/s1. The van der Waals surface area contributed by atoms with E-state index < -0.39 is 0 Å². The zero-order chi connectivity index (χ0) is 16.5. The van der Waals surface area contributed by atoms with E-state index in [0.717, 1.165) is 51.0 Å². The average molecular weight is 379 g/mol. The van der Waals surface area contributed by atoms with Crippen molar-refractivity contribution in [1.29, 1.82) is 0 Å². The normalized spacial score (nSPS) is 17.8. The molecule has 0 unspecified atom stereocenters. The van der Waals surface area contributed by atoms with E-state index in [1.165, 1.54) is 0 Å². The van der Waals surface area contributed by atoms with Gasteiger partial charge in [-0.1, -0.05) is 17.8 Å². The number of thiophene rings is 2. The SMILES string of the molecule is CCn1c(SC[C@H]2CCCO2)nc2scc(-c3cccs3)c2c1=O. The summed E-state index contributed by atoms with van der Waals surface area (Å²) < 4.78 is 7.48. The molecule has 4 heterocycles. The highest BCUT2D eigenvalue weighted by atomic mass is 32.2. The molecule has 1 aliphatic rings. The number of ether oxygens (including phenoxy) is 1. The maximum Gasteiger partial charge on any atom is 0.263 e. The van der Waals surface area contributed by atoms with Crippen LogP contribution in [0.25, 0.3) is 20.7 Å². The molecule has 0 N–H and O–H groups in total. The molecule has 3 aromatic rings. The fourth-order valence-corrected chi connectivity index (χ4v) is 5.88. The van der Waals surface area contributed by atoms with Crippen LogP contribution in [-0.2, 0) is 11.3 Å². The molecule has 0 bridgehead atoms. The van der Waals surface area contributed by atoms with Crippen LogP contribution in [0.15, 0.2) is 32.8 Å². The van der Waals surface area contributed by atoms with Crippen molar-refractivity contribution in [3.63, 3.8) is 0 Å². The predicted molar refractivity (Wildman–Crippen MR) is 103 cm³/mol. The Kier molecular flexibility index (Phi) is 4.76. The fraction of sp³-hybridized carbons (Fsp3) is 0.412. The van der Waals surface area contributed by atoms with Crippen LogP contribution in [0, 0.1) is 0 Å². The van der Waals surface area contributed by atoms with Crippen LogP contribution in [0.1, 0.15) is 19.8 Å². The Labute approximate surface area is 152 Å². The van der Waals surface area contributed by atoms with E-state index in [1.807, 2.05) is 18.4 Å². The smallest absolute Gasteiger partial charge is 0.263 e.